The average Bonchev–Trinajstić information content (AvgIpc) is 2.13. The predicted molar refractivity (Wildman–Crippen MR) is 41.9 cm³/mol. The third-order valence-electron chi connectivity index (χ3n) is 1.33. The topological polar surface area (TPSA) is 47.6 Å². The van der Waals surface area contributed by atoms with Crippen LogP contribution in [0.3, 0.4) is 0 Å². The van der Waals surface area contributed by atoms with E-state index in [1.165, 1.54) is 7.11 Å². The maximum Gasteiger partial charge on any atom is 0.430 e. The molecule has 7 heteroatoms. The lowest BCUT2D eigenvalue weighted by molar-refractivity contribution is -0.207. The van der Waals surface area contributed by atoms with E-state index in [1.54, 1.807) is 6.92 Å². The number of ether oxygens (including phenoxy) is 2. The highest BCUT2D eigenvalue weighted by atomic mass is 19.3. The molecule has 1 N–H and O–H groups in total. The van der Waals surface area contributed by atoms with Crippen molar-refractivity contribution in [3.05, 3.63) is 0 Å². The van der Waals surface area contributed by atoms with Gasteiger partial charge in [-0.15, -0.1) is 0 Å². The van der Waals surface area contributed by atoms with Gasteiger partial charge in [-0.05, 0) is 6.92 Å². The summed E-state index contributed by atoms with van der Waals surface area (Å²) in [5.74, 6) is 0. The van der Waals surface area contributed by atoms with E-state index in [-0.39, 0.29) is 12.6 Å². The molecule has 0 saturated carbocycles. The van der Waals surface area contributed by atoms with E-state index < -0.39 is 18.9 Å². The molecule has 0 fully saturated rings. The van der Waals surface area contributed by atoms with Gasteiger partial charge in [-0.1, -0.05) is 0 Å². The van der Waals surface area contributed by atoms with Gasteiger partial charge in [0.05, 0.1) is 6.10 Å². The van der Waals surface area contributed by atoms with E-state index in [2.05, 4.69) is 4.74 Å². The van der Waals surface area contributed by atoms with E-state index >= 15 is 0 Å². The van der Waals surface area contributed by atoms with Crippen molar-refractivity contribution in [1.82, 2.24) is 5.32 Å². The molecule has 4 nitrogen and oxygen atoms in total. The molecule has 1 unspecified atom stereocenters. The van der Waals surface area contributed by atoms with Crippen LogP contribution >= 0.6 is 0 Å². The molecule has 0 radical (unpaired) electrons. The average molecular weight is 215 g/mol. The zero-order valence-electron chi connectivity index (χ0n) is 7.85. The van der Waals surface area contributed by atoms with Gasteiger partial charge >= 0.3 is 12.2 Å². The normalized spacial score (nSPS) is 13.5. The van der Waals surface area contributed by atoms with E-state index in [4.69, 9.17) is 4.74 Å². The number of alkyl halides is 3. The minimum Gasteiger partial charge on any atom is -0.382 e. The molecule has 0 aliphatic carbocycles. The first-order valence-electron chi connectivity index (χ1n) is 3.84. The number of amides is 1. The van der Waals surface area contributed by atoms with Crippen LogP contribution in [0.1, 0.15) is 6.92 Å². The second-order valence-corrected chi connectivity index (χ2v) is 2.59. The summed E-state index contributed by atoms with van der Waals surface area (Å²) >= 11 is 0. The molecule has 84 valence electrons. The molecule has 0 aromatic heterocycles. The lowest BCUT2D eigenvalue weighted by Crippen LogP contribution is -2.37. The summed E-state index contributed by atoms with van der Waals surface area (Å²) in [6.45, 7) is -0.411. The number of carbonyl (C=O) groups is 1. The van der Waals surface area contributed by atoms with Gasteiger partial charge in [-0.25, -0.2) is 9.18 Å². The highest BCUT2D eigenvalue weighted by Gasteiger charge is 2.34. The highest BCUT2D eigenvalue weighted by Crippen LogP contribution is 2.15. The maximum absolute atomic E-state index is 12.1. The van der Waals surface area contributed by atoms with Crippen molar-refractivity contribution in [2.45, 2.75) is 19.1 Å². The number of hydrogen-bond acceptors (Lipinski definition) is 3. The van der Waals surface area contributed by atoms with Gasteiger partial charge in [-0.3, -0.25) is 0 Å². The van der Waals surface area contributed by atoms with Crippen LogP contribution in [0.4, 0.5) is 18.0 Å². The van der Waals surface area contributed by atoms with Gasteiger partial charge in [0, 0.05) is 13.7 Å². The summed E-state index contributed by atoms with van der Waals surface area (Å²) in [6, 6.07) is 0. The first-order chi connectivity index (χ1) is 6.41. The molecule has 0 spiro atoms. The predicted octanol–water partition coefficient (Wildman–Crippen LogP) is 1.31. The standard InChI is InChI=1S/C7H12F3NO3/c1-5(13-2)3-11-6(12)14-7(9,10)4-8/h5H,3-4H2,1-2H3,(H,11,12). The summed E-state index contributed by atoms with van der Waals surface area (Å²) in [5.41, 5.74) is 0. The molecule has 0 saturated heterocycles. The quantitative estimate of drug-likeness (QED) is 0.752. The van der Waals surface area contributed by atoms with Gasteiger partial charge in [0.2, 0.25) is 0 Å². The van der Waals surface area contributed by atoms with Crippen molar-refractivity contribution < 1.29 is 27.4 Å². The maximum atomic E-state index is 12.1. The fraction of sp³-hybridized carbons (Fsp3) is 0.857. The van der Waals surface area contributed by atoms with Gasteiger partial charge in [0.25, 0.3) is 0 Å². The molecular weight excluding hydrogens is 203 g/mol. The van der Waals surface area contributed by atoms with Crippen LogP contribution in [0.2, 0.25) is 0 Å². The Labute approximate surface area is 79.4 Å². The molecule has 0 aromatic carbocycles. The van der Waals surface area contributed by atoms with Crippen molar-refractivity contribution in [3.8, 4) is 0 Å². The molecule has 0 aromatic rings. The number of carbonyl (C=O) groups excluding carboxylic acids is 1. The van der Waals surface area contributed by atoms with Crippen molar-refractivity contribution >= 4 is 6.09 Å². The number of rotatable bonds is 5. The van der Waals surface area contributed by atoms with Crippen molar-refractivity contribution in [1.29, 1.82) is 0 Å². The van der Waals surface area contributed by atoms with E-state index in [9.17, 15) is 18.0 Å². The zero-order valence-corrected chi connectivity index (χ0v) is 7.85. The number of hydrogen-bond donors (Lipinski definition) is 1. The number of nitrogens with one attached hydrogen (secondary N) is 1. The lowest BCUT2D eigenvalue weighted by Gasteiger charge is -2.15. The molecule has 0 rings (SSSR count). The van der Waals surface area contributed by atoms with Gasteiger partial charge in [0.15, 0.2) is 6.67 Å². The summed E-state index contributed by atoms with van der Waals surface area (Å²) in [6.07, 6.45) is -5.78. The van der Waals surface area contributed by atoms with Crippen LogP contribution in [-0.2, 0) is 9.47 Å². The minimum atomic E-state index is -4.07. The Hall–Kier alpha value is -0.980. The van der Waals surface area contributed by atoms with E-state index in [1.807, 2.05) is 5.32 Å². The third-order valence-corrected chi connectivity index (χ3v) is 1.33. The van der Waals surface area contributed by atoms with Gasteiger partial charge in [-0.2, -0.15) is 8.78 Å². The van der Waals surface area contributed by atoms with Crippen molar-refractivity contribution in [3.63, 3.8) is 0 Å². The van der Waals surface area contributed by atoms with E-state index in [0.717, 1.165) is 0 Å². The van der Waals surface area contributed by atoms with Crippen LogP contribution in [0.5, 0.6) is 0 Å². The SMILES string of the molecule is COC(C)CNC(=O)OC(F)(F)CF. The Morgan fingerprint density at radius 2 is 2.14 bits per heavy atom. The number of alkyl carbamates (subject to hydrolysis) is 1. The Kier molecular flexibility index (Phi) is 5.29. The molecule has 0 heterocycles. The molecule has 0 aliphatic heterocycles. The van der Waals surface area contributed by atoms with Crippen molar-refractivity contribution in [2.24, 2.45) is 0 Å². The first-order valence-corrected chi connectivity index (χ1v) is 3.84. The Balaban J connectivity index is 3.76. The number of methoxy groups -OCH3 is 1. The Morgan fingerprint density at radius 3 is 2.57 bits per heavy atom. The Bertz CT molecular complexity index is 189. The summed E-state index contributed by atoms with van der Waals surface area (Å²) in [7, 11) is 1.40. The summed E-state index contributed by atoms with van der Waals surface area (Å²) in [5, 5.41) is 1.99. The van der Waals surface area contributed by atoms with Crippen molar-refractivity contribution in [2.75, 3.05) is 20.3 Å². The molecular formula is C7H12F3NO3. The molecule has 0 aliphatic rings. The van der Waals surface area contributed by atoms with Crippen LogP contribution in [0.25, 0.3) is 0 Å². The summed E-state index contributed by atoms with van der Waals surface area (Å²) < 4.78 is 44.0. The van der Waals surface area contributed by atoms with Crippen LogP contribution in [0, 0.1) is 0 Å². The fourth-order valence-corrected chi connectivity index (χ4v) is 0.509. The molecule has 14 heavy (non-hydrogen) atoms. The Morgan fingerprint density at radius 1 is 1.57 bits per heavy atom. The van der Waals surface area contributed by atoms with E-state index in [0.29, 0.717) is 0 Å². The van der Waals surface area contributed by atoms with Crippen LogP contribution in [-0.4, -0.2) is 38.6 Å². The minimum absolute atomic E-state index is 0.0116. The first kappa shape index (κ1) is 13.0. The number of halogens is 3. The second-order valence-electron chi connectivity index (χ2n) is 2.59. The van der Waals surface area contributed by atoms with Gasteiger partial charge in [0.1, 0.15) is 0 Å². The largest absolute Gasteiger partial charge is 0.430 e. The smallest absolute Gasteiger partial charge is 0.382 e. The zero-order chi connectivity index (χ0) is 11.2. The third kappa shape index (κ3) is 5.63. The molecule has 1 atom stereocenters. The fourth-order valence-electron chi connectivity index (χ4n) is 0.509. The van der Waals surface area contributed by atoms with Crippen LogP contribution < -0.4 is 5.32 Å². The second kappa shape index (κ2) is 5.69. The van der Waals surface area contributed by atoms with Gasteiger partial charge < -0.3 is 14.8 Å². The highest BCUT2D eigenvalue weighted by molar-refractivity contribution is 5.67. The summed E-state index contributed by atoms with van der Waals surface area (Å²) in [4.78, 5) is 10.6. The lowest BCUT2D eigenvalue weighted by atomic mass is 10.4. The molecule has 1 amide bonds. The van der Waals surface area contributed by atoms with Crippen LogP contribution in [0.15, 0.2) is 0 Å². The monoisotopic (exact) mass is 215 g/mol. The molecule has 0 bridgehead atoms.